The number of rotatable bonds is 1. The summed E-state index contributed by atoms with van der Waals surface area (Å²) in [5, 5.41) is 4.92. The summed E-state index contributed by atoms with van der Waals surface area (Å²) in [5.41, 5.74) is 9.30. The smallest absolute Gasteiger partial charge is 0.0893 e. The van der Waals surface area contributed by atoms with Gasteiger partial charge in [0, 0.05) is 5.69 Å². The molecule has 0 saturated carbocycles. The van der Waals surface area contributed by atoms with E-state index in [1.807, 2.05) is 32.0 Å². The summed E-state index contributed by atoms with van der Waals surface area (Å²) in [6, 6.07) is 7.54. The molecule has 0 unspecified atom stereocenters. The van der Waals surface area contributed by atoms with E-state index in [0.29, 0.717) is 10.7 Å². The van der Waals surface area contributed by atoms with Gasteiger partial charge in [0.2, 0.25) is 0 Å². The first-order valence-electron chi connectivity index (χ1n) is 4.67. The summed E-state index contributed by atoms with van der Waals surface area (Å²) >= 11 is 5.96. The van der Waals surface area contributed by atoms with Crippen LogP contribution in [-0.4, -0.2) is 9.78 Å². The van der Waals surface area contributed by atoms with Crippen LogP contribution in [0.2, 0.25) is 5.02 Å². The van der Waals surface area contributed by atoms with Crippen LogP contribution in [0.5, 0.6) is 0 Å². The van der Waals surface area contributed by atoms with Crippen molar-refractivity contribution >= 4 is 17.3 Å². The van der Waals surface area contributed by atoms with Crippen molar-refractivity contribution in [3.63, 3.8) is 0 Å². The van der Waals surface area contributed by atoms with Crippen LogP contribution in [-0.2, 0) is 0 Å². The first kappa shape index (κ1) is 10.1. The molecule has 1 heterocycles. The minimum Gasteiger partial charge on any atom is -0.396 e. The number of nitrogens with zero attached hydrogens (tertiary/aromatic N) is 2. The molecule has 0 radical (unpaired) electrons. The van der Waals surface area contributed by atoms with E-state index in [0.717, 1.165) is 17.1 Å². The van der Waals surface area contributed by atoms with Gasteiger partial charge in [-0.2, -0.15) is 5.10 Å². The number of nitrogen functional groups attached to an aromatic ring is 1. The highest BCUT2D eigenvalue weighted by Gasteiger charge is 2.08. The van der Waals surface area contributed by atoms with Gasteiger partial charge in [-0.3, -0.25) is 0 Å². The lowest BCUT2D eigenvalue weighted by Crippen LogP contribution is -2.03. The Balaban J connectivity index is 2.64. The molecule has 15 heavy (non-hydrogen) atoms. The predicted octanol–water partition coefficient (Wildman–Crippen LogP) is 2.72. The number of anilines is 1. The van der Waals surface area contributed by atoms with Gasteiger partial charge >= 0.3 is 0 Å². The second kappa shape index (κ2) is 3.59. The second-order valence-corrected chi connectivity index (χ2v) is 3.92. The number of hydrogen-bond donors (Lipinski definition) is 1. The van der Waals surface area contributed by atoms with Crippen molar-refractivity contribution in [2.24, 2.45) is 0 Å². The fraction of sp³-hybridized carbons (Fsp3) is 0.182. The van der Waals surface area contributed by atoms with Crippen LogP contribution in [0, 0.1) is 13.8 Å². The van der Waals surface area contributed by atoms with Crippen molar-refractivity contribution in [2.45, 2.75) is 13.8 Å². The number of nitrogens with two attached hydrogens (primary N) is 1. The Morgan fingerprint density at radius 2 is 2.07 bits per heavy atom. The molecule has 2 N–H and O–H groups in total. The van der Waals surface area contributed by atoms with Gasteiger partial charge in [0.15, 0.2) is 0 Å². The molecule has 0 spiro atoms. The number of aromatic nitrogens is 2. The van der Waals surface area contributed by atoms with Crippen molar-refractivity contribution in [2.75, 3.05) is 5.73 Å². The highest BCUT2D eigenvalue weighted by Crippen LogP contribution is 2.26. The number of aryl methyl sites for hydroxylation is 2. The molecular formula is C11H12ClN3. The summed E-state index contributed by atoms with van der Waals surface area (Å²) < 4.78 is 1.80. The van der Waals surface area contributed by atoms with Crippen LogP contribution >= 0.6 is 11.6 Å². The van der Waals surface area contributed by atoms with E-state index >= 15 is 0 Å². The molecule has 0 saturated heterocycles. The van der Waals surface area contributed by atoms with Gasteiger partial charge in [-0.05, 0) is 32.0 Å². The number of halogens is 1. The minimum atomic E-state index is 0.556. The first-order valence-corrected chi connectivity index (χ1v) is 5.05. The number of hydrogen-bond acceptors (Lipinski definition) is 2. The maximum absolute atomic E-state index is 5.96. The van der Waals surface area contributed by atoms with Crippen molar-refractivity contribution in [3.05, 3.63) is 40.7 Å². The quantitative estimate of drug-likeness (QED) is 0.753. The maximum Gasteiger partial charge on any atom is 0.0893 e. The minimum absolute atomic E-state index is 0.556. The third kappa shape index (κ3) is 1.70. The Morgan fingerprint density at radius 1 is 1.33 bits per heavy atom. The van der Waals surface area contributed by atoms with Gasteiger partial charge in [0.1, 0.15) is 0 Å². The molecule has 0 aliphatic heterocycles. The first-order chi connectivity index (χ1) is 7.09. The molecule has 1 aromatic heterocycles. The SMILES string of the molecule is Cc1cc(C)n(-c2cccc(Cl)c2N)n1. The van der Waals surface area contributed by atoms with Gasteiger partial charge in [0.25, 0.3) is 0 Å². The molecule has 2 aromatic rings. The molecule has 3 nitrogen and oxygen atoms in total. The van der Waals surface area contributed by atoms with Crippen molar-refractivity contribution in [1.29, 1.82) is 0 Å². The van der Waals surface area contributed by atoms with Crippen LogP contribution in [0.4, 0.5) is 5.69 Å². The van der Waals surface area contributed by atoms with Crippen LogP contribution in [0.15, 0.2) is 24.3 Å². The van der Waals surface area contributed by atoms with E-state index in [1.54, 1.807) is 10.7 Å². The van der Waals surface area contributed by atoms with E-state index in [2.05, 4.69) is 5.10 Å². The third-order valence-corrected chi connectivity index (χ3v) is 2.60. The molecule has 4 heteroatoms. The Bertz CT molecular complexity index is 503. The van der Waals surface area contributed by atoms with Crippen LogP contribution in [0.3, 0.4) is 0 Å². The van der Waals surface area contributed by atoms with Crippen LogP contribution in [0.1, 0.15) is 11.4 Å². The molecule has 0 fully saturated rings. The van der Waals surface area contributed by atoms with Crippen molar-refractivity contribution in [1.82, 2.24) is 9.78 Å². The van der Waals surface area contributed by atoms with Gasteiger partial charge in [-0.25, -0.2) is 4.68 Å². The molecule has 2 rings (SSSR count). The normalized spacial score (nSPS) is 10.6. The van der Waals surface area contributed by atoms with E-state index in [9.17, 15) is 0 Å². The average molecular weight is 222 g/mol. The molecular weight excluding hydrogens is 210 g/mol. The van der Waals surface area contributed by atoms with Crippen molar-refractivity contribution < 1.29 is 0 Å². The molecule has 0 atom stereocenters. The van der Waals surface area contributed by atoms with Gasteiger partial charge < -0.3 is 5.73 Å². The predicted molar refractivity (Wildman–Crippen MR) is 62.5 cm³/mol. The van der Waals surface area contributed by atoms with E-state index < -0.39 is 0 Å². The van der Waals surface area contributed by atoms with Crippen LogP contribution < -0.4 is 5.73 Å². The number of benzene rings is 1. The van der Waals surface area contributed by atoms with Crippen LogP contribution in [0.25, 0.3) is 5.69 Å². The lowest BCUT2D eigenvalue weighted by molar-refractivity contribution is 0.836. The highest BCUT2D eigenvalue weighted by atomic mass is 35.5. The summed E-state index contributed by atoms with van der Waals surface area (Å²) in [6.07, 6.45) is 0. The zero-order chi connectivity index (χ0) is 11.0. The topological polar surface area (TPSA) is 43.8 Å². The zero-order valence-corrected chi connectivity index (χ0v) is 9.42. The van der Waals surface area contributed by atoms with Crippen molar-refractivity contribution in [3.8, 4) is 5.69 Å². The summed E-state index contributed by atoms with van der Waals surface area (Å²) in [6.45, 7) is 3.94. The Morgan fingerprint density at radius 3 is 2.67 bits per heavy atom. The monoisotopic (exact) mass is 221 g/mol. The molecule has 0 amide bonds. The van der Waals surface area contributed by atoms with E-state index in [-0.39, 0.29) is 0 Å². The lowest BCUT2D eigenvalue weighted by atomic mass is 10.2. The van der Waals surface area contributed by atoms with Gasteiger partial charge in [-0.1, -0.05) is 17.7 Å². The Kier molecular flexibility index (Phi) is 2.40. The summed E-state index contributed by atoms with van der Waals surface area (Å²) in [5.74, 6) is 0. The largest absolute Gasteiger partial charge is 0.396 e. The second-order valence-electron chi connectivity index (χ2n) is 3.51. The molecule has 0 bridgehead atoms. The summed E-state index contributed by atoms with van der Waals surface area (Å²) in [4.78, 5) is 0. The van der Waals surface area contributed by atoms with E-state index in [1.165, 1.54) is 0 Å². The molecule has 78 valence electrons. The molecule has 0 aliphatic carbocycles. The Labute approximate surface area is 93.5 Å². The zero-order valence-electron chi connectivity index (χ0n) is 8.66. The molecule has 0 aliphatic rings. The highest BCUT2D eigenvalue weighted by molar-refractivity contribution is 6.33. The maximum atomic E-state index is 5.96. The van der Waals surface area contributed by atoms with Gasteiger partial charge in [-0.15, -0.1) is 0 Å². The lowest BCUT2D eigenvalue weighted by Gasteiger charge is -2.08. The third-order valence-electron chi connectivity index (χ3n) is 2.27. The summed E-state index contributed by atoms with van der Waals surface area (Å²) in [7, 11) is 0. The average Bonchev–Trinajstić information content (AvgIpc) is 2.50. The number of para-hydroxylation sites is 1. The van der Waals surface area contributed by atoms with Gasteiger partial charge in [0.05, 0.1) is 22.1 Å². The van der Waals surface area contributed by atoms with E-state index in [4.69, 9.17) is 17.3 Å². The fourth-order valence-electron chi connectivity index (χ4n) is 1.58. The molecule has 1 aromatic carbocycles. The Hall–Kier alpha value is -1.48. The fourth-order valence-corrected chi connectivity index (χ4v) is 1.75. The standard InChI is InChI=1S/C11H12ClN3/c1-7-6-8(2)15(14-7)10-5-3-4-9(12)11(10)13/h3-6H,13H2,1-2H3.